The Balaban J connectivity index is 1.75. The van der Waals surface area contributed by atoms with Gasteiger partial charge in [-0.25, -0.2) is 0 Å². The normalized spacial score (nSPS) is 15.7. The second kappa shape index (κ2) is 6.39. The molecule has 1 aliphatic rings. The Hall–Kier alpha value is -2.03. The van der Waals surface area contributed by atoms with Gasteiger partial charge in [0.2, 0.25) is 0 Å². The van der Waals surface area contributed by atoms with E-state index in [1.165, 1.54) is 37.7 Å². The quantitative estimate of drug-likeness (QED) is 0.846. The molecule has 0 aliphatic heterocycles. The van der Waals surface area contributed by atoms with E-state index in [0.717, 1.165) is 11.4 Å². The van der Waals surface area contributed by atoms with Crippen molar-refractivity contribution < 1.29 is 9.21 Å². The maximum atomic E-state index is 12.4. The molecule has 1 fully saturated rings. The van der Waals surface area contributed by atoms with Gasteiger partial charge >= 0.3 is 0 Å². The Morgan fingerprint density at radius 3 is 2.59 bits per heavy atom. The number of amides is 1. The molecule has 1 aromatic heterocycles. The first-order chi connectivity index (χ1) is 10.6. The van der Waals surface area contributed by atoms with Crippen molar-refractivity contribution in [2.75, 3.05) is 5.32 Å². The van der Waals surface area contributed by atoms with E-state index in [1.54, 1.807) is 6.07 Å². The molecule has 0 bridgehead atoms. The number of nitrogens with one attached hydrogen (secondary N) is 1. The molecule has 1 aliphatic carbocycles. The van der Waals surface area contributed by atoms with Crippen molar-refractivity contribution in [3.63, 3.8) is 0 Å². The number of hydrogen-bond donors (Lipinski definition) is 1. The minimum absolute atomic E-state index is 0.102. The second-order valence-corrected chi connectivity index (χ2v) is 6.24. The Kier molecular flexibility index (Phi) is 4.32. The summed E-state index contributed by atoms with van der Waals surface area (Å²) in [4.78, 5) is 12.4. The fourth-order valence-electron chi connectivity index (χ4n) is 3.36. The predicted molar refractivity (Wildman–Crippen MR) is 88.4 cm³/mol. The average Bonchev–Trinajstić information content (AvgIpc) is 2.87. The lowest BCUT2D eigenvalue weighted by molar-refractivity contribution is 0.102. The molecule has 1 aromatic carbocycles. The van der Waals surface area contributed by atoms with Gasteiger partial charge in [-0.15, -0.1) is 0 Å². The Morgan fingerprint density at radius 1 is 1.14 bits per heavy atom. The van der Waals surface area contributed by atoms with Gasteiger partial charge in [0, 0.05) is 5.69 Å². The summed E-state index contributed by atoms with van der Waals surface area (Å²) < 4.78 is 5.43. The standard InChI is InChI=1S/C19H23NO2/c1-13-11-18(14(2)22-13)19(21)20-17-10-6-9-16(12-17)15-7-4-3-5-8-15/h6,9-12,15H,3-5,7-8H2,1-2H3,(H,20,21). The van der Waals surface area contributed by atoms with Gasteiger partial charge in [0.1, 0.15) is 11.5 Å². The van der Waals surface area contributed by atoms with E-state index in [-0.39, 0.29) is 5.91 Å². The largest absolute Gasteiger partial charge is 0.466 e. The van der Waals surface area contributed by atoms with E-state index in [4.69, 9.17) is 4.42 Å². The highest BCUT2D eigenvalue weighted by Crippen LogP contribution is 2.33. The third kappa shape index (κ3) is 3.24. The number of furan rings is 1. The summed E-state index contributed by atoms with van der Waals surface area (Å²) in [6, 6.07) is 10.1. The molecule has 0 saturated heterocycles. The third-order valence-electron chi connectivity index (χ3n) is 4.51. The van der Waals surface area contributed by atoms with E-state index in [9.17, 15) is 4.79 Å². The lowest BCUT2D eigenvalue weighted by Gasteiger charge is -2.22. The average molecular weight is 297 g/mol. The van der Waals surface area contributed by atoms with Crippen LogP contribution in [0.3, 0.4) is 0 Å². The molecule has 0 spiro atoms. The molecule has 0 atom stereocenters. The molecule has 22 heavy (non-hydrogen) atoms. The van der Waals surface area contributed by atoms with E-state index in [2.05, 4.69) is 17.4 Å². The lowest BCUT2D eigenvalue weighted by atomic mass is 9.84. The maximum Gasteiger partial charge on any atom is 0.259 e. The lowest BCUT2D eigenvalue weighted by Crippen LogP contribution is -2.12. The molecule has 3 nitrogen and oxygen atoms in total. The minimum atomic E-state index is -0.102. The smallest absolute Gasteiger partial charge is 0.259 e. The number of carbonyl (C=O) groups is 1. The van der Waals surface area contributed by atoms with Gasteiger partial charge in [-0.05, 0) is 56.4 Å². The monoisotopic (exact) mass is 297 g/mol. The highest BCUT2D eigenvalue weighted by atomic mass is 16.3. The van der Waals surface area contributed by atoms with Crippen LogP contribution in [-0.2, 0) is 0 Å². The number of hydrogen-bond acceptors (Lipinski definition) is 2. The Labute approximate surface area is 131 Å². The van der Waals surface area contributed by atoms with Crippen LogP contribution in [0, 0.1) is 13.8 Å². The number of aryl methyl sites for hydroxylation is 2. The first-order valence-corrected chi connectivity index (χ1v) is 8.12. The fraction of sp³-hybridized carbons (Fsp3) is 0.421. The van der Waals surface area contributed by atoms with E-state index in [1.807, 2.05) is 26.0 Å². The van der Waals surface area contributed by atoms with Crippen LogP contribution in [-0.4, -0.2) is 5.91 Å². The van der Waals surface area contributed by atoms with Crippen molar-refractivity contribution in [1.29, 1.82) is 0 Å². The fourth-order valence-corrected chi connectivity index (χ4v) is 3.36. The van der Waals surface area contributed by atoms with Gasteiger partial charge in [-0.2, -0.15) is 0 Å². The number of benzene rings is 1. The van der Waals surface area contributed by atoms with Crippen LogP contribution in [0.5, 0.6) is 0 Å². The highest BCUT2D eigenvalue weighted by molar-refractivity contribution is 6.05. The number of carbonyl (C=O) groups excluding carboxylic acids is 1. The number of anilines is 1. The van der Waals surface area contributed by atoms with Gasteiger partial charge in [0.25, 0.3) is 5.91 Å². The van der Waals surface area contributed by atoms with Gasteiger partial charge < -0.3 is 9.73 Å². The molecular weight excluding hydrogens is 274 g/mol. The highest BCUT2D eigenvalue weighted by Gasteiger charge is 2.17. The molecule has 2 aromatic rings. The van der Waals surface area contributed by atoms with Crippen molar-refractivity contribution in [2.45, 2.75) is 51.9 Å². The molecule has 1 N–H and O–H groups in total. The molecule has 116 valence electrons. The molecule has 0 unspecified atom stereocenters. The SMILES string of the molecule is Cc1cc(C(=O)Nc2cccc(C3CCCCC3)c2)c(C)o1. The molecule has 1 heterocycles. The van der Waals surface area contributed by atoms with Crippen LogP contribution in [0.15, 0.2) is 34.7 Å². The van der Waals surface area contributed by atoms with Crippen molar-refractivity contribution >= 4 is 11.6 Å². The molecular formula is C19H23NO2. The van der Waals surface area contributed by atoms with E-state index >= 15 is 0 Å². The van der Waals surface area contributed by atoms with Crippen LogP contribution in [0.25, 0.3) is 0 Å². The summed E-state index contributed by atoms with van der Waals surface area (Å²) in [6.07, 6.45) is 6.50. The summed E-state index contributed by atoms with van der Waals surface area (Å²) in [5.41, 5.74) is 2.82. The van der Waals surface area contributed by atoms with Crippen LogP contribution >= 0.6 is 0 Å². The van der Waals surface area contributed by atoms with Crippen molar-refractivity contribution in [2.24, 2.45) is 0 Å². The van der Waals surface area contributed by atoms with Gasteiger partial charge in [0.05, 0.1) is 5.56 Å². The van der Waals surface area contributed by atoms with E-state index in [0.29, 0.717) is 17.2 Å². The number of rotatable bonds is 3. The second-order valence-electron chi connectivity index (χ2n) is 6.24. The molecule has 1 amide bonds. The first kappa shape index (κ1) is 14.9. The summed E-state index contributed by atoms with van der Waals surface area (Å²) in [5.74, 6) is 1.97. The summed E-state index contributed by atoms with van der Waals surface area (Å²) in [5, 5.41) is 2.99. The summed E-state index contributed by atoms with van der Waals surface area (Å²) in [7, 11) is 0. The zero-order valence-electron chi connectivity index (χ0n) is 13.3. The Morgan fingerprint density at radius 2 is 1.91 bits per heavy atom. The van der Waals surface area contributed by atoms with Crippen LogP contribution < -0.4 is 5.32 Å². The van der Waals surface area contributed by atoms with E-state index < -0.39 is 0 Å². The Bertz CT molecular complexity index is 666. The first-order valence-electron chi connectivity index (χ1n) is 8.12. The van der Waals surface area contributed by atoms with Gasteiger partial charge in [0.15, 0.2) is 0 Å². The topological polar surface area (TPSA) is 42.2 Å². The predicted octanol–water partition coefficient (Wildman–Crippen LogP) is 5.20. The zero-order chi connectivity index (χ0) is 15.5. The summed E-state index contributed by atoms with van der Waals surface area (Å²) >= 11 is 0. The van der Waals surface area contributed by atoms with Crippen molar-refractivity contribution in [3.8, 4) is 0 Å². The zero-order valence-corrected chi connectivity index (χ0v) is 13.3. The summed E-state index contributed by atoms with van der Waals surface area (Å²) in [6.45, 7) is 3.67. The van der Waals surface area contributed by atoms with Crippen LogP contribution in [0.2, 0.25) is 0 Å². The molecule has 3 heteroatoms. The maximum absolute atomic E-state index is 12.4. The minimum Gasteiger partial charge on any atom is -0.466 e. The third-order valence-corrected chi connectivity index (χ3v) is 4.51. The van der Waals surface area contributed by atoms with Gasteiger partial charge in [-0.3, -0.25) is 4.79 Å². The molecule has 0 radical (unpaired) electrons. The molecule has 3 rings (SSSR count). The van der Waals surface area contributed by atoms with Crippen LogP contribution in [0.4, 0.5) is 5.69 Å². The van der Waals surface area contributed by atoms with Crippen LogP contribution in [0.1, 0.15) is 65.5 Å². The molecule has 1 saturated carbocycles. The van der Waals surface area contributed by atoms with Crippen molar-refractivity contribution in [1.82, 2.24) is 0 Å². The van der Waals surface area contributed by atoms with Crippen molar-refractivity contribution in [3.05, 3.63) is 53.0 Å². The van der Waals surface area contributed by atoms with Gasteiger partial charge in [-0.1, -0.05) is 31.4 Å².